The lowest BCUT2D eigenvalue weighted by molar-refractivity contribution is -0.223. The van der Waals surface area contributed by atoms with Gasteiger partial charge in [0.05, 0.1) is 11.1 Å². The third-order valence-electron chi connectivity index (χ3n) is 4.68. The van der Waals surface area contributed by atoms with Crippen LogP contribution in [0.5, 0.6) is 0 Å². The Morgan fingerprint density at radius 2 is 2.00 bits per heavy atom. The van der Waals surface area contributed by atoms with Gasteiger partial charge in [-0.15, -0.1) is 0 Å². The largest absolute Gasteiger partial charge is 0.414 e. The van der Waals surface area contributed by atoms with Gasteiger partial charge >= 0.3 is 6.18 Å². The molecular weight excluding hydrogens is 319 g/mol. The quantitative estimate of drug-likeness (QED) is 0.937. The van der Waals surface area contributed by atoms with Crippen LogP contribution in [0.15, 0.2) is 30.6 Å². The predicted octanol–water partition coefficient (Wildman–Crippen LogP) is 2.95. The predicted molar refractivity (Wildman–Crippen MR) is 82.2 cm³/mol. The van der Waals surface area contributed by atoms with Crippen LogP contribution in [0.25, 0.3) is 5.52 Å². The number of hydrogen-bond donors (Lipinski definition) is 1. The summed E-state index contributed by atoms with van der Waals surface area (Å²) < 4.78 is 39.7. The molecule has 24 heavy (non-hydrogen) atoms. The molecule has 3 rings (SSSR count). The van der Waals surface area contributed by atoms with Gasteiger partial charge in [0.2, 0.25) is 0 Å². The normalized spacial score (nSPS) is 18.6. The molecule has 2 aromatic heterocycles. The second-order valence-corrected chi connectivity index (χ2v) is 6.23. The van der Waals surface area contributed by atoms with Crippen LogP contribution >= 0.6 is 0 Å². The Kier molecular flexibility index (Phi) is 4.52. The van der Waals surface area contributed by atoms with E-state index >= 15 is 0 Å². The molecule has 1 saturated heterocycles. The number of nitrogens with zero attached hydrogens (tertiary/aromatic N) is 3. The molecular formula is C17H18F3N3O. The van der Waals surface area contributed by atoms with Crippen molar-refractivity contribution in [2.24, 2.45) is 5.92 Å². The number of rotatable bonds is 3. The summed E-state index contributed by atoms with van der Waals surface area (Å²) in [6.07, 6.45) is -2.44. The number of aliphatic hydroxyl groups is 1. The maximum absolute atomic E-state index is 12.6. The summed E-state index contributed by atoms with van der Waals surface area (Å²) in [4.78, 5) is 2.04. The van der Waals surface area contributed by atoms with Crippen LogP contribution in [0.2, 0.25) is 0 Å². The number of nitriles is 1. The van der Waals surface area contributed by atoms with E-state index in [0.29, 0.717) is 38.0 Å². The fourth-order valence-electron chi connectivity index (χ4n) is 3.36. The van der Waals surface area contributed by atoms with Gasteiger partial charge in [-0.2, -0.15) is 18.4 Å². The second-order valence-electron chi connectivity index (χ2n) is 6.23. The number of piperidine rings is 1. The van der Waals surface area contributed by atoms with Gasteiger partial charge in [-0.3, -0.25) is 4.90 Å². The van der Waals surface area contributed by atoms with Gasteiger partial charge < -0.3 is 9.51 Å². The smallest absolute Gasteiger partial charge is 0.383 e. The number of halogens is 3. The Balaban J connectivity index is 1.68. The molecule has 0 amide bonds. The van der Waals surface area contributed by atoms with E-state index in [0.717, 1.165) is 11.1 Å². The number of pyridine rings is 1. The van der Waals surface area contributed by atoms with Crippen molar-refractivity contribution in [2.45, 2.75) is 31.7 Å². The van der Waals surface area contributed by atoms with Gasteiger partial charge in [0.1, 0.15) is 6.07 Å². The summed E-state index contributed by atoms with van der Waals surface area (Å²) in [5.41, 5.74) is 2.31. The number of alkyl halides is 3. The van der Waals surface area contributed by atoms with Crippen molar-refractivity contribution in [2.75, 3.05) is 13.1 Å². The van der Waals surface area contributed by atoms with E-state index in [1.54, 1.807) is 0 Å². The standard InChI is InChI=1S/C17H18F3N3O/c18-17(19,20)16(24)12-4-7-22(8-5-12)10-13-11-23-6-2-1-3-15(23)14(13)9-21/h1-3,6,11-12,16,24H,4-5,7-8,10H2. The molecule has 0 radical (unpaired) electrons. The minimum Gasteiger partial charge on any atom is -0.383 e. The Hall–Kier alpha value is -2.04. The van der Waals surface area contributed by atoms with E-state index in [4.69, 9.17) is 0 Å². The molecule has 0 aliphatic carbocycles. The molecule has 7 heteroatoms. The summed E-state index contributed by atoms with van der Waals surface area (Å²) in [5, 5.41) is 18.8. The van der Waals surface area contributed by atoms with Crippen molar-refractivity contribution in [3.05, 3.63) is 41.7 Å². The zero-order chi connectivity index (χ0) is 17.3. The molecule has 1 N–H and O–H groups in total. The van der Waals surface area contributed by atoms with Crippen molar-refractivity contribution < 1.29 is 18.3 Å². The van der Waals surface area contributed by atoms with Crippen molar-refractivity contribution in [3.8, 4) is 6.07 Å². The highest BCUT2D eigenvalue weighted by Crippen LogP contribution is 2.32. The lowest BCUT2D eigenvalue weighted by Gasteiger charge is -2.34. The molecule has 4 nitrogen and oxygen atoms in total. The fourth-order valence-corrected chi connectivity index (χ4v) is 3.36. The highest BCUT2D eigenvalue weighted by atomic mass is 19.4. The number of hydrogen-bond acceptors (Lipinski definition) is 3. The number of likely N-dealkylation sites (tertiary alicyclic amines) is 1. The number of fused-ring (bicyclic) bond motifs is 1. The molecule has 0 aromatic carbocycles. The van der Waals surface area contributed by atoms with Crippen LogP contribution in [-0.2, 0) is 6.54 Å². The van der Waals surface area contributed by atoms with Gasteiger partial charge in [-0.05, 0) is 44.0 Å². The first-order valence-corrected chi connectivity index (χ1v) is 7.86. The lowest BCUT2D eigenvalue weighted by atomic mass is 9.90. The van der Waals surface area contributed by atoms with E-state index in [1.165, 1.54) is 0 Å². The van der Waals surface area contributed by atoms with Crippen LogP contribution in [-0.4, -0.2) is 39.8 Å². The first-order valence-electron chi connectivity index (χ1n) is 7.86. The molecule has 1 aliphatic heterocycles. The van der Waals surface area contributed by atoms with E-state index in [9.17, 15) is 23.5 Å². The van der Waals surface area contributed by atoms with E-state index in [2.05, 4.69) is 6.07 Å². The summed E-state index contributed by atoms with van der Waals surface area (Å²) in [7, 11) is 0. The zero-order valence-corrected chi connectivity index (χ0v) is 13.0. The highest BCUT2D eigenvalue weighted by Gasteiger charge is 2.44. The van der Waals surface area contributed by atoms with Gasteiger partial charge in [0.25, 0.3) is 0 Å². The van der Waals surface area contributed by atoms with Crippen LogP contribution in [0.3, 0.4) is 0 Å². The molecule has 1 unspecified atom stereocenters. The lowest BCUT2D eigenvalue weighted by Crippen LogP contribution is -2.43. The average molecular weight is 337 g/mol. The maximum atomic E-state index is 12.6. The average Bonchev–Trinajstić information content (AvgIpc) is 2.91. The molecule has 2 aromatic rings. The fraction of sp³-hybridized carbons (Fsp3) is 0.471. The molecule has 1 atom stereocenters. The topological polar surface area (TPSA) is 51.7 Å². The van der Waals surface area contributed by atoms with E-state index in [-0.39, 0.29) is 0 Å². The molecule has 0 bridgehead atoms. The molecule has 0 spiro atoms. The highest BCUT2D eigenvalue weighted by molar-refractivity contribution is 5.65. The van der Waals surface area contributed by atoms with Gasteiger partial charge in [0, 0.05) is 24.5 Å². The minimum atomic E-state index is -4.55. The Labute approximate surface area is 137 Å². The number of aliphatic hydroxyl groups excluding tert-OH is 1. The van der Waals surface area contributed by atoms with Gasteiger partial charge in [-0.1, -0.05) is 6.07 Å². The minimum absolute atomic E-state index is 0.302. The SMILES string of the molecule is N#Cc1c(CN2CCC(C(O)C(F)(F)F)CC2)cn2ccccc12. The summed E-state index contributed by atoms with van der Waals surface area (Å²) in [6, 6.07) is 7.83. The number of aromatic nitrogens is 1. The second kappa shape index (κ2) is 6.46. The van der Waals surface area contributed by atoms with Crippen molar-refractivity contribution in [1.82, 2.24) is 9.30 Å². The third kappa shape index (κ3) is 3.25. The van der Waals surface area contributed by atoms with E-state index < -0.39 is 18.2 Å². The zero-order valence-electron chi connectivity index (χ0n) is 13.0. The van der Waals surface area contributed by atoms with Crippen LogP contribution < -0.4 is 0 Å². The third-order valence-corrected chi connectivity index (χ3v) is 4.68. The Morgan fingerprint density at radius 1 is 1.29 bits per heavy atom. The van der Waals surface area contributed by atoms with Gasteiger partial charge in [-0.25, -0.2) is 0 Å². The summed E-state index contributed by atoms with van der Waals surface area (Å²) in [5.74, 6) is -0.746. The first kappa shape index (κ1) is 16.8. The molecule has 128 valence electrons. The van der Waals surface area contributed by atoms with Crippen LogP contribution in [0.1, 0.15) is 24.0 Å². The molecule has 0 saturated carbocycles. The van der Waals surface area contributed by atoms with Crippen molar-refractivity contribution in [1.29, 1.82) is 5.26 Å². The monoisotopic (exact) mass is 337 g/mol. The maximum Gasteiger partial charge on any atom is 0.414 e. The Morgan fingerprint density at radius 3 is 2.62 bits per heavy atom. The van der Waals surface area contributed by atoms with Crippen LogP contribution in [0, 0.1) is 17.2 Å². The molecule has 1 fully saturated rings. The van der Waals surface area contributed by atoms with Crippen molar-refractivity contribution in [3.63, 3.8) is 0 Å². The van der Waals surface area contributed by atoms with E-state index in [1.807, 2.05) is 39.9 Å². The summed E-state index contributed by atoms with van der Waals surface area (Å²) >= 11 is 0. The molecule has 1 aliphatic rings. The first-order chi connectivity index (χ1) is 11.4. The van der Waals surface area contributed by atoms with Crippen LogP contribution in [0.4, 0.5) is 13.2 Å². The Bertz CT molecular complexity index is 755. The summed E-state index contributed by atoms with van der Waals surface area (Å²) in [6.45, 7) is 1.49. The van der Waals surface area contributed by atoms with Crippen molar-refractivity contribution >= 4 is 5.52 Å². The molecule has 3 heterocycles. The van der Waals surface area contributed by atoms with Gasteiger partial charge in [0.15, 0.2) is 6.10 Å².